The van der Waals surface area contributed by atoms with Gasteiger partial charge in [-0.05, 0) is 18.1 Å². The Kier molecular flexibility index (Phi) is 4.25. The van der Waals surface area contributed by atoms with E-state index in [-0.39, 0.29) is 17.6 Å². The van der Waals surface area contributed by atoms with Crippen LogP contribution in [0.5, 0.6) is 0 Å². The van der Waals surface area contributed by atoms with E-state index in [0.717, 1.165) is 18.7 Å². The summed E-state index contributed by atoms with van der Waals surface area (Å²) in [7, 11) is 0. The highest BCUT2D eigenvalue weighted by Crippen LogP contribution is 2.28. The molecule has 1 heterocycles. The van der Waals surface area contributed by atoms with Crippen molar-refractivity contribution in [3.05, 3.63) is 29.8 Å². The predicted molar refractivity (Wildman–Crippen MR) is 73.6 cm³/mol. The minimum absolute atomic E-state index is 0.122. The van der Waals surface area contributed by atoms with Crippen LogP contribution in [0.3, 0.4) is 0 Å². The molecule has 1 aliphatic rings. The second-order valence-corrected chi connectivity index (χ2v) is 5.30. The van der Waals surface area contributed by atoms with Crippen molar-refractivity contribution >= 4 is 29.3 Å². The van der Waals surface area contributed by atoms with Gasteiger partial charge in [0.2, 0.25) is 11.8 Å². The number of nitrogens with zero attached hydrogens (tertiary/aromatic N) is 1. The Bertz CT molecular complexity index is 462. The zero-order valence-electron chi connectivity index (χ0n) is 10.1. The molecule has 2 rings (SSSR count). The monoisotopic (exact) mass is 264 g/mol. The van der Waals surface area contributed by atoms with Gasteiger partial charge in [0.05, 0.1) is 5.75 Å². The number of carbonyl (C=O) groups is 2. The SMILES string of the molecule is NC(=O)CSCCC(=O)N1CCc2ccccc21. The Labute approximate surface area is 111 Å². The average molecular weight is 264 g/mol. The van der Waals surface area contributed by atoms with E-state index >= 15 is 0 Å². The molecule has 1 aromatic rings. The van der Waals surface area contributed by atoms with Crippen molar-refractivity contribution in [1.82, 2.24) is 0 Å². The van der Waals surface area contributed by atoms with Crippen LogP contribution in [0.1, 0.15) is 12.0 Å². The zero-order valence-corrected chi connectivity index (χ0v) is 10.9. The van der Waals surface area contributed by atoms with Crippen molar-refractivity contribution in [2.45, 2.75) is 12.8 Å². The summed E-state index contributed by atoms with van der Waals surface area (Å²) in [5.41, 5.74) is 7.30. The van der Waals surface area contributed by atoms with Gasteiger partial charge in [0.1, 0.15) is 0 Å². The first-order valence-corrected chi connectivity index (χ1v) is 7.08. The van der Waals surface area contributed by atoms with E-state index in [2.05, 4.69) is 6.07 Å². The van der Waals surface area contributed by atoms with Gasteiger partial charge in [-0.15, -0.1) is 0 Å². The Morgan fingerprint density at radius 1 is 1.33 bits per heavy atom. The molecule has 96 valence electrons. The van der Waals surface area contributed by atoms with Crippen LogP contribution in [-0.4, -0.2) is 29.9 Å². The molecule has 0 saturated heterocycles. The molecule has 0 saturated carbocycles. The van der Waals surface area contributed by atoms with Gasteiger partial charge in [0.15, 0.2) is 0 Å². The fraction of sp³-hybridized carbons (Fsp3) is 0.385. The van der Waals surface area contributed by atoms with Gasteiger partial charge in [-0.25, -0.2) is 0 Å². The van der Waals surface area contributed by atoms with Gasteiger partial charge in [-0.1, -0.05) is 18.2 Å². The minimum atomic E-state index is -0.334. The fourth-order valence-corrected chi connectivity index (χ4v) is 2.73. The normalized spacial score (nSPS) is 13.4. The highest BCUT2D eigenvalue weighted by Gasteiger charge is 2.23. The number of rotatable bonds is 5. The number of carbonyl (C=O) groups excluding carboxylic acids is 2. The molecule has 0 fully saturated rings. The van der Waals surface area contributed by atoms with Crippen LogP contribution in [0.15, 0.2) is 24.3 Å². The predicted octanol–water partition coefficient (Wildman–Crippen LogP) is 1.18. The molecule has 1 aliphatic heterocycles. The van der Waals surface area contributed by atoms with Crippen LogP contribution in [0, 0.1) is 0 Å². The summed E-state index contributed by atoms with van der Waals surface area (Å²) in [6, 6.07) is 7.99. The fourth-order valence-electron chi connectivity index (χ4n) is 2.06. The average Bonchev–Trinajstić information content (AvgIpc) is 2.78. The Morgan fingerprint density at radius 2 is 2.11 bits per heavy atom. The molecule has 0 radical (unpaired) electrons. The van der Waals surface area contributed by atoms with E-state index in [1.807, 2.05) is 23.1 Å². The smallest absolute Gasteiger partial charge is 0.227 e. The lowest BCUT2D eigenvalue weighted by atomic mass is 10.2. The Hall–Kier alpha value is -1.49. The van der Waals surface area contributed by atoms with Crippen molar-refractivity contribution in [2.24, 2.45) is 5.73 Å². The number of hydrogen-bond acceptors (Lipinski definition) is 3. The molecule has 4 nitrogen and oxygen atoms in total. The summed E-state index contributed by atoms with van der Waals surface area (Å²) in [6.07, 6.45) is 1.38. The van der Waals surface area contributed by atoms with Crippen molar-refractivity contribution < 1.29 is 9.59 Å². The van der Waals surface area contributed by atoms with Crippen molar-refractivity contribution in [2.75, 3.05) is 23.0 Å². The van der Waals surface area contributed by atoms with E-state index in [0.29, 0.717) is 12.2 Å². The number of hydrogen-bond donors (Lipinski definition) is 1. The molecule has 0 atom stereocenters. The molecular weight excluding hydrogens is 248 g/mol. The standard InChI is InChI=1S/C13H16N2O2S/c14-12(16)9-18-8-6-13(17)15-7-5-10-3-1-2-4-11(10)15/h1-4H,5-9H2,(H2,14,16). The molecule has 0 unspecified atom stereocenters. The molecular formula is C13H16N2O2S. The summed E-state index contributed by atoms with van der Waals surface area (Å²) >= 11 is 1.41. The lowest BCUT2D eigenvalue weighted by Crippen LogP contribution is -2.29. The van der Waals surface area contributed by atoms with Gasteiger partial charge in [0, 0.05) is 24.4 Å². The van der Waals surface area contributed by atoms with Gasteiger partial charge >= 0.3 is 0 Å². The number of fused-ring (bicyclic) bond motifs is 1. The first-order chi connectivity index (χ1) is 8.68. The second-order valence-electron chi connectivity index (χ2n) is 4.19. The van der Waals surface area contributed by atoms with Gasteiger partial charge in [-0.3, -0.25) is 9.59 Å². The van der Waals surface area contributed by atoms with Gasteiger partial charge < -0.3 is 10.6 Å². The second kappa shape index (κ2) is 5.91. The molecule has 5 heteroatoms. The molecule has 0 aliphatic carbocycles. The Balaban J connectivity index is 1.86. The first kappa shape index (κ1) is 13.0. The number of nitrogens with two attached hydrogens (primary N) is 1. The summed E-state index contributed by atoms with van der Waals surface area (Å²) in [4.78, 5) is 24.5. The summed E-state index contributed by atoms with van der Waals surface area (Å²) < 4.78 is 0. The lowest BCUT2D eigenvalue weighted by molar-refractivity contribution is -0.118. The van der Waals surface area contributed by atoms with Crippen molar-refractivity contribution in [3.63, 3.8) is 0 Å². The maximum atomic E-state index is 12.0. The number of benzene rings is 1. The summed E-state index contributed by atoms with van der Waals surface area (Å²) in [5, 5.41) is 0. The van der Waals surface area contributed by atoms with E-state index in [4.69, 9.17) is 5.73 Å². The highest BCUT2D eigenvalue weighted by molar-refractivity contribution is 7.99. The van der Waals surface area contributed by atoms with E-state index < -0.39 is 0 Å². The van der Waals surface area contributed by atoms with Crippen LogP contribution in [0.2, 0.25) is 0 Å². The zero-order chi connectivity index (χ0) is 13.0. The van der Waals surface area contributed by atoms with Crippen LogP contribution in [0.4, 0.5) is 5.69 Å². The molecule has 2 N–H and O–H groups in total. The van der Waals surface area contributed by atoms with Crippen LogP contribution in [0.25, 0.3) is 0 Å². The van der Waals surface area contributed by atoms with Crippen molar-refractivity contribution in [3.8, 4) is 0 Å². The maximum absolute atomic E-state index is 12.0. The molecule has 0 spiro atoms. The number of thioether (sulfide) groups is 1. The third-order valence-corrected chi connectivity index (χ3v) is 3.87. The van der Waals surface area contributed by atoms with E-state index in [1.165, 1.54) is 17.3 Å². The number of para-hydroxylation sites is 1. The van der Waals surface area contributed by atoms with E-state index in [9.17, 15) is 9.59 Å². The number of anilines is 1. The van der Waals surface area contributed by atoms with Crippen LogP contribution >= 0.6 is 11.8 Å². The van der Waals surface area contributed by atoms with Crippen LogP contribution < -0.4 is 10.6 Å². The van der Waals surface area contributed by atoms with Crippen molar-refractivity contribution in [1.29, 1.82) is 0 Å². The molecule has 1 aromatic carbocycles. The maximum Gasteiger partial charge on any atom is 0.227 e. The summed E-state index contributed by atoms with van der Waals surface area (Å²) in [5.74, 6) is 0.709. The minimum Gasteiger partial charge on any atom is -0.369 e. The molecule has 2 amide bonds. The lowest BCUT2D eigenvalue weighted by Gasteiger charge is -2.16. The highest BCUT2D eigenvalue weighted by atomic mass is 32.2. The van der Waals surface area contributed by atoms with E-state index in [1.54, 1.807) is 0 Å². The van der Waals surface area contributed by atoms with Crippen LogP contribution in [-0.2, 0) is 16.0 Å². The summed E-state index contributed by atoms with van der Waals surface area (Å²) in [6.45, 7) is 0.763. The molecule has 18 heavy (non-hydrogen) atoms. The largest absolute Gasteiger partial charge is 0.369 e. The van der Waals surface area contributed by atoms with Gasteiger partial charge in [0.25, 0.3) is 0 Å². The third kappa shape index (κ3) is 3.04. The molecule has 0 bridgehead atoms. The quantitative estimate of drug-likeness (QED) is 0.812. The number of amides is 2. The molecule has 0 aromatic heterocycles. The number of primary amides is 1. The Morgan fingerprint density at radius 3 is 2.89 bits per heavy atom. The first-order valence-electron chi connectivity index (χ1n) is 5.93. The van der Waals surface area contributed by atoms with Gasteiger partial charge in [-0.2, -0.15) is 11.8 Å². The topological polar surface area (TPSA) is 63.4 Å². The third-order valence-electron chi connectivity index (χ3n) is 2.89.